The Bertz CT molecular complexity index is 1310. The van der Waals surface area contributed by atoms with Gasteiger partial charge in [0.05, 0.1) is 6.54 Å². The summed E-state index contributed by atoms with van der Waals surface area (Å²) >= 11 is 1.07. The van der Waals surface area contributed by atoms with Crippen LogP contribution in [-0.2, 0) is 39.0 Å². The standard InChI is InChI=1S/C23H29N5O10S2/c1-38-23(13-28(21(23)33)40(35,36)37)25-19(31)17(15-6-5-11-39-15)24-22(34)27-10-7-14(18(30)20(27)32)12-16(29)26-8-3-2-4-9-26/h5-6,11,14,17H,2-4,7-10,12-13H2,1H3,(H,24,34)(H,25,31)(H,35,36,37). The molecule has 3 atom stereocenters. The van der Waals surface area contributed by atoms with Crippen LogP contribution in [-0.4, -0.2) is 102 Å². The van der Waals surface area contributed by atoms with E-state index in [1.807, 2.05) is 0 Å². The zero-order valence-electron chi connectivity index (χ0n) is 21.5. The number of ketones is 1. The van der Waals surface area contributed by atoms with Crippen LogP contribution in [0.5, 0.6) is 0 Å². The predicted octanol–water partition coefficient (Wildman–Crippen LogP) is -0.577. The highest BCUT2D eigenvalue weighted by Crippen LogP contribution is 2.29. The molecule has 3 N–H and O–H groups in total. The molecule has 3 unspecified atom stereocenters. The average molecular weight is 600 g/mol. The minimum Gasteiger partial charge on any atom is -0.349 e. The van der Waals surface area contributed by atoms with Crippen molar-refractivity contribution >= 4 is 57.1 Å². The van der Waals surface area contributed by atoms with Crippen LogP contribution < -0.4 is 10.6 Å². The lowest BCUT2D eigenvalue weighted by Gasteiger charge is -2.45. The number of methoxy groups -OCH3 is 1. The van der Waals surface area contributed by atoms with Crippen LogP contribution in [0.15, 0.2) is 17.5 Å². The van der Waals surface area contributed by atoms with Crippen molar-refractivity contribution in [3.63, 3.8) is 0 Å². The van der Waals surface area contributed by atoms with Crippen LogP contribution in [0.4, 0.5) is 4.79 Å². The Morgan fingerprint density at radius 2 is 1.88 bits per heavy atom. The number of carbonyl (C=O) groups is 6. The van der Waals surface area contributed by atoms with Gasteiger partial charge in [-0.15, -0.1) is 11.3 Å². The van der Waals surface area contributed by atoms with Gasteiger partial charge in [-0.1, -0.05) is 6.07 Å². The molecular formula is C23H29N5O10S2. The second-order valence-corrected chi connectivity index (χ2v) is 12.0. The van der Waals surface area contributed by atoms with Gasteiger partial charge >= 0.3 is 16.3 Å². The number of β-lactam (4-membered cyclic amide) rings is 1. The Balaban J connectivity index is 1.42. The molecule has 17 heteroatoms. The summed E-state index contributed by atoms with van der Waals surface area (Å²) in [5.41, 5.74) is -2.11. The van der Waals surface area contributed by atoms with Gasteiger partial charge in [0.15, 0.2) is 0 Å². The summed E-state index contributed by atoms with van der Waals surface area (Å²) in [6.45, 7) is 0.349. The molecule has 6 amide bonds. The largest absolute Gasteiger partial charge is 0.362 e. The lowest BCUT2D eigenvalue weighted by molar-refractivity contribution is -0.180. The molecule has 0 spiro atoms. The van der Waals surface area contributed by atoms with Gasteiger partial charge in [-0.25, -0.2) is 9.10 Å². The molecule has 40 heavy (non-hydrogen) atoms. The van der Waals surface area contributed by atoms with Gasteiger partial charge in [-0.2, -0.15) is 8.42 Å². The molecule has 3 fully saturated rings. The average Bonchev–Trinajstić information content (AvgIpc) is 3.46. The van der Waals surface area contributed by atoms with Crippen molar-refractivity contribution in [3.05, 3.63) is 22.4 Å². The molecule has 4 rings (SSSR count). The van der Waals surface area contributed by atoms with Crippen molar-refractivity contribution in [1.82, 2.24) is 24.7 Å². The fraction of sp³-hybridized carbons (Fsp3) is 0.565. The van der Waals surface area contributed by atoms with Crippen molar-refractivity contribution in [3.8, 4) is 0 Å². The van der Waals surface area contributed by atoms with Crippen LogP contribution in [0, 0.1) is 5.92 Å². The number of urea groups is 1. The molecule has 0 aromatic carbocycles. The number of thiophene rings is 1. The molecule has 0 aliphatic carbocycles. The van der Waals surface area contributed by atoms with E-state index in [9.17, 15) is 37.2 Å². The summed E-state index contributed by atoms with van der Waals surface area (Å²) in [6, 6.07) is 0.604. The predicted molar refractivity (Wildman–Crippen MR) is 137 cm³/mol. The number of hydrogen-bond donors (Lipinski definition) is 3. The van der Waals surface area contributed by atoms with E-state index in [4.69, 9.17) is 9.29 Å². The lowest BCUT2D eigenvalue weighted by atomic mass is 9.91. The first kappa shape index (κ1) is 29.6. The molecule has 218 valence electrons. The first-order valence-corrected chi connectivity index (χ1v) is 14.8. The molecule has 0 radical (unpaired) electrons. The van der Waals surface area contributed by atoms with Crippen LogP contribution in [0.1, 0.15) is 43.0 Å². The molecule has 3 saturated heterocycles. The molecule has 0 saturated carbocycles. The smallest absolute Gasteiger partial charge is 0.349 e. The zero-order valence-corrected chi connectivity index (χ0v) is 23.2. The van der Waals surface area contributed by atoms with E-state index in [0.717, 1.165) is 37.7 Å². The molecule has 3 aliphatic rings. The number of nitrogens with one attached hydrogen (secondary N) is 2. The quantitative estimate of drug-likeness (QED) is 0.150. The topological polar surface area (TPSA) is 200 Å². The number of Topliss-reactive ketones (excluding diaryl/α,β-unsaturated/α-hetero) is 1. The first-order valence-electron chi connectivity index (χ1n) is 12.5. The number of ether oxygens (including phenoxy) is 1. The summed E-state index contributed by atoms with van der Waals surface area (Å²) in [7, 11) is -3.83. The second-order valence-electron chi connectivity index (χ2n) is 9.66. The van der Waals surface area contributed by atoms with E-state index in [1.54, 1.807) is 16.3 Å². The third kappa shape index (κ3) is 5.86. The third-order valence-corrected chi connectivity index (χ3v) is 8.94. The van der Waals surface area contributed by atoms with Crippen LogP contribution in [0.2, 0.25) is 0 Å². The summed E-state index contributed by atoms with van der Waals surface area (Å²) in [6.07, 6.45) is 2.77. The maximum absolute atomic E-state index is 13.2. The monoisotopic (exact) mass is 599 g/mol. The molecule has 1 aromatic heterocycles. The molecular weight excluding hydrogens is 570 g/mol. The number of piperidine rings is 2. The Hall–Kier alpha value is -3.41. The van der Waals surface area contributed by atoms with E-state index in [-0.39, 0.29) is 29.6 Å². The summed E-state index contributed by atoms with van der Waals surface area (Å²) in [5.74, 6) is -5.24. The maximum Gasteiger partial charge on any atom is 0.362 e. The first-order chi connectivity index (χ1) is 18.9. The van der Waals surface area contributed by atoms with Crippen molar-refractivity contribution in [2.45, 2.75) is 43.9 Å². The molecule has 3 aliphatic heterocycles. The van der Waals surface area contributed by atoms with Gasteiger partial charge in [-0.3, -0.25) is 33.4 Å². The number of carbonyl (C=O) groups excluding carboxylic acids is 6. The van der Waals surface area contributed by atoms with Gasteiger partial charge < -0.3 is 20.3 Å². The van der Waals surface area contributed by atoms with Crippen molar-refractivity contribution in [2.75, 3.05) is 33.3 Å². The molecule has 0 bridgehead atoms. The normalized spacial score (nSPS) is 24.4. The van der Waals surface area contributed by atoms with E-state index < -0.39 is 64.1 Å². The van der Waals surface area contributed by atoms with Crippen molar-refractivity contribution in [1.29, 1.82) is 0 Å². The SMILES string of the molecule is COC1(NC(=O)C(NC(=O)N2CCC(CC(=O)N3CCCCC3)C(=O)C2=O)c2cccs2)CN(S(=O)(=O)O)C1=O. The van der Waals surface area contributed by atoms with Gasteiger partial charge in [0.25, 0.3) is 17.7 Å². The Morgan fingerprint density at radius 3 is 2.45 bits per heavy atom. The number of imide groups is 1. The summed E-state index contributed by atoms with van der Waals surface area (Å²) < 4.78 is 36.9. The highest BCUT2D eigenvalue weighted by Gasteiger charge is 2.59. The second kappa shape index (κ2) is 11.6. The fourth-order valence-electron chi connectivity index (χ4n) is 4.82. The van der Waals surface area contributed by atoms with Gasteiger partial charge in [0.1, 0.15) is 6.04 Å². The van der Waals surface area contributed by atoms with E-state index in [1.165, 1.54) is 6.07 Å². The van der Waals surface area contributed by atoms with Crippen LogP contribution in [0.25, 0.3) is 0 Å². The van der Waals surface area contributed by atoms with Crippen molar-refractivity contribution in [2.24, 2.45) is 5.92 Å². The number of amides is 6. The van der Waals surface area contributed by atoms with Gasteiger partial charge in [0.2, 0.25) is 17.4 Å². The number of likely N-dealkylation sites (tertiary alicyclic amines) is 2. The lowest BCUT2D eigenvalue weighted by Crippen LogP contribution is -2.76. The molecule has 15 nitrogen and oxygen atoms in total. The highest BCUT2D eigenvalue weighted by atomic mass is 32.2. The minimum absolute atomic E-state index is 0.0835. The fourth-order valence-corrected chi connectivity index (χ4v) is 6.30. The van der Waals surface area contributed by atoms with E-state index >= 15 is 0 Å². The third-order valence-electron chi connectivity index (χ3n) is 7.15. The van der Waals surface area contributed by atoms with Crippen molar-refractivity contribution < 1.29 is 46.5 Å². The highest BCUT2D eigenvalue weighted by molar-refractivity contribution is 7.84. The molecule has 4 heterocycles. The molecule has 1 aromatic rings. The number of nitrogens with zero attached hydrogens (tertiary/aromatic N) is 3. The van der Waals surface area contributed by atoms with Gasteiger partial charge in [-0.05, 0) is 37.1 Å². The van der Waals surface area contributed by atoms with E-state index in [0.29, 0.717) is 22.9 Å². The Morgan fingerprint density at radius 1 is 1.18 bits per heavy atom. The van der Waals surface area contributed by atoms with Crippen LogP contribution in [0.3, 0.4) is 0 Å². The minimum atomic E-state index is -4.87. The van der Waals surface area contributed by atoms with E-state index in [2.05, 4.69) is 10.6 Å². The summed E-state index contributed by atoms with van der Waals surface area (Å²) in [4.78, 5) is 79.5. The Kier molecular flexibility index (Phi) is 8.57. The maximum atomic E-state index is 13.2. The number of rotatable bonds is 8. The summed E-state index contributed by atoms with van der Waals surface area (Å²) in [5, 5.41) is 6.26. The van der Waals surface area contributed by atoms with Crippen LogP contribution >= 0.6 is 11.3 Å². The number of hydrogen-bond acceptors (Lipinski definition) is 10. The Labute approximate surface area is 233 Å². The zero-order chi connectivity index (χ0) is 29.2. The van der Waals surface area contributed by atoms with Gasteiger partial charge in [0, 0.05) is 44.0 Å².